The van der Waals surface area contributed by atoms with Crippen LogP contribution in [0.3, 0.4) is 0 Å². The van der Waals surface area contributed by atoms with E-state index in [0.29, 0.717) is 0 Å². The van der Waals surface area contributed by atoms with Crippen LogP contribution < -0.4 is 19.6 Å². The maximum absolute atomic E-state index is 2.33. The molecule has 0 aliphatic carbocycles. The Hall–Kier alpha value is -9.64. The average Bonchev–Trinajstić information content (AvgIpc) is 3.46. The Bertz CT molecular complexity index is 3410. The molecular formula is C69H54N4. The molecule has 0 bridgehead atoms. The van der Waals surface area contributed by atoms with Crippen LogP contribution in [0, 0.1) is 6.92 Å². The molecule has 0 heterocycles. The minimum absolute atomic E-state index is 1.06. The van der Waals surface area contributed by atoms with Gasteiger partial charge in [0.05, 0.1) is 0 Å². The van der Waals surface area contributed by atoms with E-state index in [1.54, 1.807) is 0 Å². The van der Waals surface area contributed by atoms with E-state index in [-0.39, 0.29) is 0 Å². The maximum atomic E-state index is 2.33. The lowest BCUT2D eigenvalue weighted by Crippen LogP contribution is -2.12. The zero-order valence-corrected chi connectivity index (χ0v) is 40.7. The number of aryl methyl sites for hydroxylation is 1. The van der Waals surface area contributed by atoms with Gasteiger partial charge in [0.1, 0.15) is 0 Å². The first-order chi connectivity index (χ1) is 36.1. The van der Waals surface area contributed by atoms with Crippen LogP contribution in [0.4, 0.5) is 68.2 Å². The number of benzene rings is 11. The van der Waals surface area contributed by atoms with Gasteiger partial charge >= 0.3 is 0 Å². The van der Waals surface area contributed by atoms with Crippen LogP contribution >= 0.6 is 0 Å². The first kappa shape index (κ1) is 45.8. The molecule has 0 aliphatic rings. The van der Waals surface area contributed by atoms with Crippen LogP contribution in [0.25, 0.3) is 23.3 Å². The SMILES string of the molecule is Cc1ccc(N(c2ccc(-c3ccc(N(c4ccc(/C=C\c5ccccc5)cc4)c4ccc(N(c5ccccc5)c5ccccc5)cc4)cc3)cc2)c2ccc(N(c3ccccc3)c3ccccc3)cc2)cc1. The Balaban J connectivity index is 0.900. The lowest BCUT2D eigenvalue weighted by atomic mass is 10.0. The molecule has 0 amide bonds. The minimum atomic E-state index is 1.06. The van der Waals surface area contributed by atoms with Gasteiger partial charge in [-0.25, -0.2) is 0 Å². The van der Waals surface area contributed by atoms with Crippen LogP contribution in [0.15, 0.2) is 297 Å². The van der Waals surface area contributed by atoms with Crippen LogP contribution in [0.1, 0.15) is 16.7 Å². The van der Waals surface area contributed by atoms with E-state index in [4.69, 9.17) is 0 Å². The highest BCUT2D eigenvalue weighted by Gasteiger charge is 2.19. The highest BCUT2D eigenvalue weighted by molar-refractivity contribution is 5.85. The van der Waals surface area contributed by atoms with Gasteiger partial charge in [0, 0.05) is 68.2 Å². The zero-order chi connectivity index (χ0) is 49.2. The molecule has 4 nitrogen and oxygen atoms in total. The highest BCUT2D eigenvalue weighted by atomic mass is 15.2. The van der Waals surface area contributed by atoms with Gasteiger partial charge in [0.2, 0.25) is 0 Å². The van der Waals surface area contributed by atoms with Gasteiger partial charge < -0.3 is 19.6 Å². The van der Waals surface area contributed by atoms with Gasteiger partial charge in [-0.15, -0.1) is 0 Å². The fraction of sp³-hybridized carbons (Fsp3) is 0.0145. The molecule has 11 aromatic rings. The summed E-state index contributed by atoms with van der Waals surface area (Å²) in [5.41, 5.74) is 18.9. The molecule has 0 N–H and O–H groups in total. The molecule has 0 atom stereocenters. The first-order valence-electron chi connectivity index (χ1n) is 24.8. The zero-order valence-electron chi connectivity index (χ0n) is 40.7. The first-order valence-corrected chi connectivity index (χ1v) is 24.8. The van der Waals surface area contributed by atoms with Crippen molar-refractivity contribution in [2.24, 2.45) is 0 Å². The summed E-state index contributed by atoms with van der Waals surface area (Å²) in [6.07, 6.45) is 4.33. The number of anilines is 12. The molecule has 0 aliphatic heterocycles. The molecular weight excluding hydrogens is 885 g/mol. The van der Waals surface area contributed by atoms with Crippen molar-refractivity contribution >= 4 is 80.4 Å². The predicted octanol–water partition coefficient (Wildman–Crippen LogP) is 19.7. The third-order valence-electron chi connectivity index (χ3n) is 13.1. The van der Waals surface area contributed by atoms with E-state index in [1.165, 1.54) is 11.1 Å². The summed E-state index contributed by atoms with van der Waals surface area (Å²) in [7, 11) is 0. The molecule has 0 fully saturated rings. The van der Waals surface area contributed by atoms with Crippen molar-refractivity contribution < 1.29 is 0 Å². The van der Waals surface area contributed by atoms with Crippen LogP contribution in [-0.4, -0.2) is 0 Å². The Labute approximate surface area is 429 Å². The number of hydrogen-bond donors (Lipinski definition) is 0. The van der Waals surface area contributed by atoms with Crippen molar-refractivity contribution in [3.05, 3.63) is 314 Å². The highest BCUT2D eigenvalue weighted by Crippen LogP contribution is 2.42. The summed E-state index contributed by atoms with van der Waals surface area (Å²) in [5, 5.41) is 0. The number of hydrogen-bond acceptors (Lipinski definition) is 4. The molecule has 73 heavy (non-hydrogen) atoms. The molecule has 11 aromatic carbocycles. The molecule has 11 rings (SSSR count). The summed E-state index contributed by atoms with van der Waals surface area (Å²) < 4.78 is 0. The van der Waals surface area contributed by atoms with E-state index in [1.807, 2.05) is 6.07 Å². The van der Waals surface area contributed by atoms with Crippen molar-refractivity contribution in [3.8, 4) is 11.1 Å². The van der Waals surface area contributed by atoms with Gasteiger partial charge in [-0.1, -0.05) is 169 Å². The van der Waals surface area contributed by atoms with Gasteiger partial charge in [-0.05, 0) is 175 Å². The second-order valence-electron chi connectivity index (χ2n) is 18.0. The summed E-state index contributed by atoms with van der Waals surface area (Å²) in [5.74, 6) is 0. The summed E-state index contributed by atoms with van der Waals surface area (Å²) in [4.78, 5) is 9.25. The third-order valence-corrected chi connectivity index (χ3v) is 13.1. The molecule has 0 spiro atoms. The molecule has 350 valence electrons. The fourth-order valence-electron chi connectivity index (χ4n) is 9.39. The van der Waals surface area contributed by atoms with Gasteiger partial charge in [0.15, 0.2) is 0 Å². The van der Waals surface area contributed by atoms with E-state index in [9.17, 15) is 0 Å². The largest absolute Gasteiger partial charge is 0.311 e. The fourth-order valence-corrected chi connectivity index (χ4v) is 9.39. The quantitative estimate of drug-likeness (QED) is 0.0950. The predicted molar refractivity (Wildman–Crippen MR) is 311 cm³/mol. The standard InChI is InChI=1S/C69H54N4/c1-53-27-37-62(38-28-53)72(68-49-45-66(46-50-68)70(58-19-9-3-10-20-58)59-21-11-4-12-22-59)64-41-33-56(34-42-64)57-35-43-65(44-36-57)73(63-39-31-55(32-40-63)30-29-54-17-7-2-8-18-54)69-51-47-67(48-52-69)71(60-23-13-5-14-24-60)61-25-15-6-16-26-61/h2-52H,1H3/b30-29-. The summed E-state index contributed by atoms with van der Waals surface area (Å²) in [6, 6.07) is 106. The maximum Gasteiger partial charge on any atom is 0.0463 e. The van der Waals surface area contributed by atoms with Crippen LogP contribution in [0.5, 0.6) is 0 Å². The van der Waals surface area contributed by atoms with Crippen molar-refractivity contribution in [2.45, 2.75) is 6.92 Å². The van der Waals surface area contributed by atoms with Crippen molar-refractivity contribution in [1.29, 1.82) is 0 Å². The Morgan fingerprint density at radius 1 is 0.192 bits per heavy atom. The monoisotopic (exact) mass is 938 g/mol. The number of rotatable bonds is 15. The number of para-hydroxylation sites is 4. The molecule has 0 aromatic heterocycles. The van der Waals surface area contributed by atoms with Gasteiger partial charge in [-0.2, -0.15) is 0 Å². The van der Waals surface area contributed by atoms with Crippen molar-refractivity contribution in [2.75, 3.05) is 19.6 Å². The van der Waals surface area contributed by atoms with E-state index in [2.05, 4.69) is 330 Å². The van der Waals surface area contributed by atoms with E-state index < -0.39 is 0 Å². The Morgan fingerprint density at radius 2 is 0.384 bits per heavy atom. The topological polar surface area (TPSA) is 13.0 Å². The second kappa shape index (κ2) is 21.6. The van der Waals surface area contributed by atoms with Crippen molar-refractivity contribution in [3.63, 3.8) is 0 Å². The molecule has 0 saturated heterocycles. The average molecular weight is 939 g/mol. The Kier molecular flexibility index (Phi) is 13.5. The molecule has 0 unspecified atom stereocenters. The second-order valence-corrected chi connectivity index (χ2v) is 18.0. The Morgan fingerprint density at radius 3 is 0.658 bits per heavy atom. The van der Waals surface area contributed by atoms with Crippen LogP contribution in [-0.2, 0) is 0 Å². The minimum Gasteiger partial charge on any atom is -0.311 e. The number of nitrogens with zero attached hydrogens (tertiary/aromatic N) is 4. The van der Waals surface area contributed by atoms with Crippen LogP contribution in [0.2, 0.25) is 0 Å². The lowest BCUT2D eigenvalue weighted by Gasteiger charge is -2.28. The summed E-state index contributed by atoms with van der Waals surface area (Å²) >= 11 is 0. The normalized spacial score (nSPS) is 11.0. The molecule has 0 saturated carbocycles. The third kappa shape index (κ3) is 10.5. The van der Waals surface area contributed by atoms with Gasteiger partial charge in [-0.3, -0.25) is 0 Å². The summed E-state index contributed by atoms with van der Waals surface area (Å²) in [6.45, 7) is 2.13. The lowest BCUT2D eigenvalue weighted by molar-refractivity contribution is 1.25. The van der Waals surface area contributed by atoms with E-state index in [0.717, 1.165) is 84.9 Å². The smallest absolute Gasteiger partial charge is 0.0463 e. The molecule has 4 heteroatoms. The van der Waals surface area contributed by atoms with Crippen molar-refractivity contribution in [1.82, 2.24) is 0 Å². The van der Waals surface area contributed by atoms with E-state index >= 15 is 0 Å². The molecule has 0 radical (unpaired) electrons. The van der Waals surface area contributed by atoms with Gasteiger partial charge in [0.25, 0.3) is 0 Å².